The molecule has 9 heteroatoms. The van der Waals surface area contributed by atoms with Crippen LogP contribution >= 0.6 is 0 Å². The minimum atomic E-state index is -4.16. The number of ether oxygens (including phenoxy) is 1. The maximum Gasteiger partial charge on any atom is 0.264 e. The van der Waals surface area contributed by atoms with Crippen LogP contribution in [0.15, 0.2) is 108 Å². The van der Waals surface area contributed by atoms with E-state index in [1.807, 2.05) is 81.4 Å². The lowest BCUT2D eigenvalue weighted by Gasteiger charge is -2.34. The van der Waals surface area contributed by atoms with Gasteiger partial charge in [-0.2, -0.15) is 0 Å². The summed E-state index contributed by atoms with van der Waals surface area (Å²) in [5.74, 6) is -0.204. The molecule has 2 amide bonds. The zero-order valence-corrected chi connectivity index (χ0v) is 27.1. The number of rotatable bonds is 14. The summed E-state index contributed by atoms with van der Waals surface area (Å²) < 4.78 is 34.9. The molecule has 4 aromatic rings. The van der Waals surface area contributed by atoms with Crippen LogP contribution in [-0.2, 0) is 32.6 Å². The van der Waals surface area contributed by atoms with Gasteiger partial charge in [0.1, 0.15) is 18.3 Å². The summed E-state index contributed by atoms with van der Waals surface area (Å²) >= 11 is 0. The first kappa shape index (κ1) is 33.3. The molecule has 45 heavy (non-hydrogen) atoms. The van der Waals surface area contributed by atoms with Crippen molar-refractivity contribution >= 4 is 27.5 Å². The maximum absolute atomic E-state index is 14.6. The number of carbonyl (C=O) groups excluding carboxylic acids is 2. The number of hydrogen-bond donors (Lipinski definition) is 1. The second-order valence-corrected chi connectivity index (χ2v) is 12.8. The van der Waals surface area contributed by atoms with Gasteiger partial charge in [0.15, 0.2) is 0 Å². The lowest BCUT2D eigenvalue weighted by molar-refractivity contribution is -0.140. The molecule has 0 bridgehead atoms. The number of benzene rings is 4. The van der Waals surface area contributed by atoms with E-state index in [2.05, 4.69) is 5.32 Å². The van der Waals surface area contributed by atoms with E-state index in [1.54, 1.807) is 37.4 Å². The number of aryl methyl sites for hydroxylation is 2. The smallest absolute Gasteiger partial charge is 0.264 e. The largest absolute Gasteiger partial charge is 0.497 e. The Kier molecular flexibility index (Phi) is 11.4. The number of nitrogens with one attached hydrogen (secondary N) is 1. The van der Waals surface area contributed by atoms with Crippen molar-refractivity contribution in [3.05, 3.63) is 125 Å². The Hall–Kier alpha value is -4.63. The second-order valence-electron chi connectivity index (χ2n) is 11.0. The van der Waals surface area contributed by atoms with Crippen molar-refractivity contribution in [2.24, 2.45) is 0 Å². The number of hydrogen-bond acceptors (Lipinski definition) is 5. The summed E-state index contributed by atoms with van der Waals surface area (Å²) in [5, 5.41) is 2.96. The van der Waals surface area contributed by atoms with Gasteiger partial charge in [0, 0.05) is 19.5 Å². The monoisotopic (exact) mass is 627 g/mol. The number of sulfonamides is 1. The van der Waals surface area contributed by atoms with Crippen molar-refractivity contribution in [3.8, 4) is 5.75 Å². The van der Waals surface area contributed by atoms with Gasteiger partial charge in [0.05, 0.1) is 17.7 Å². The van der Waals surface area contributed by atoms with Gasteiger partial charge in [-0.25, -0.2) is 8.42 Å². The molecule has 1 unspecified atom stereocenters. The fourth-order valence-electron chi connectivity index (χ4n) is 5.21. The lowest BCUT2D eigenvalue weighted by atomic mass is 10.0. The predicted molar refractivity (Wildman–Crippen MR) is 178 cm³/mol. The minimum Gasteiger partial charge on any atom is -0.497 e. The summed E-state index contributed by atoms with van der Waals surface area (Å²) in [4.78, 5) is 29.9. The molecule has 0 spiro atoms. The van der Waals surface area contributed by atoms with Crippen LogP contribution in [0.3, 0.4) is 0 Å². The van der Waals surface area contributed by atoms with Gasteiger partial charge >= 0.3 is 0 Å². The molecule has 4 rings (SSSR count). The average Bonchev–Trinajstić information content (AvgIpc) is 3.05. The number of nitrogens with zero attached hydrogens (tertiary/aromatic N) is 2. The fourth-order valence-corrected chi connectivity index (χ4v) is 6.71. The predicted octanol–water partition coefficient (Wildman–Crippen LogP) is 5.67. The van der Waals surface area contributed by atoms with Crippen LogP contribution in [0.4, 0.5) is 5.69 Å². The summed E-state index contributed by atoms with van der Waals surface area (Å²) in [6.07, 6.45) is 0.977. The topological polar surface area (TPSA) is 96.0 Å². The van der Waals surface area contributed by atoms with Gasteiger partial charge < -0.3 is 15.0 Å². The Morgan fingerprint density at radius 3 is 2.16 bits per heavy atom. The van der Waals surface area contributed by atoms with Gasteiger partial charge in [-0.1, -0.05) is 85.3 Å². The molecule has 0 aromatic heterocycles. The number of amides is 2. The van der Waals surface area contributed by atoms with Crippen LogP contribution in [0.5, 0.6) is 5.75 Å². The molecule has 8 nitrogen and oxygen atoms in total. The van der Waals surface area contributed by atoms with Gasteiger partial charge in [-0.3, -0.25) is 13.9 Å². The molecule has 4 aromatic carbocycles. The highest BCUT2D eigenvalue weighted by atomic mass is 32.2. The van der Waals surface area contributed by atoms with Crippen LogP contribution in [0.25, 0.3) is 0 Å². The van der Waals surface area contributed by atoms with E-state index in [-0.39, 0.29) is 23.8 Å². The Morgan fingerprint density at radius 1 is 0.844 bits per heavy atom. The Labute approximate surface area is 266 Å². The van der Waals surface area contributed by atoms with Gasteiger partial charge in [-0.05, 0) is 67.3 Å². The summed E-state index contributed by atoms with van der Waals surface area (Å²) in [6, 6.07) is 29.4. The third kappa shape index (κ3) is 8.51. The van der Waals surface area contributed by atoms with Crippen LogP contribution in [0, 0.1) is 13.8 Å². The van der Waals surface area contributed by atoms with E-state index in [1.165, 1.54) is 17.0 Å². The first-order chi connectivity index (χ1) is 21.6. The molecular formula is C36H41N3O5S. The fraction of sp³-hybridized carbons (Fsp3) is 0.278. The lowest BCUT2D eigenvalue weighted by Crippen LogP contribution is -2.53. The Balaban J connectivity index is 1.82. The van der Waals surface area contributed by atoms with E-state index in [0.29, 0.717) is 23.5 Å². The molecule has 0 heterocycles. The second kappa shape index (κ2) is 15.4. The molecule has 1 atom stereocenters. The molecule has 236 valence electrons. The van der Waals surface area contributed by atoms with E-state index in [0.717, 1.165) is 27.4 Å². The standard InChI is InChI=1S/C36H41N3O5S/c1-5-21-37-36(41)34(24-29-13-8-6-9-14-29)38(25-30-15-12-16-31(23-30)44-4)35(40)26-39(33-20-19-27(2)22-28(33)3)45(42,43)32-17-10-7-11-18-32/h6-20,22-23,34H,5,21,24-26H2,1-4H3,(H,37,41). The summed E-state index contributed by atoms with van der Waals surface area (Å²) in [5.41, 5.74) is 3.70. The number of carbonyl (C=O) groups is 2. The molecule has 1 N–H and O–H groups in total. The van der Waals surface area contributed by atoms with Crippen LogP contribution in [0.2, 0.25) is 0 Å². The molecule has 0 saturated carbocycles. The third-order valence-corrected chi connectivity index (χ3v) is 9.31. The average molecular weight is 628 g/mol. The molecule has 0 fully saturated rings. The van der Waals surface area contributed by atoms with Crippen molar-refractivity contribution in [1.29, 1.82) is 0 Å². The zero-order chi connectivity index (χ0) is 32.4. The molecule has 0 aliphatic heterocycles. The van der Waals surface area contributed by atoms with Crippen molar-refractivity contribution in [3.63, 3.8) is 0 Å². The van der Waals surface area contributed by atoms with E-state index in [4.69, 9.17) is 4.74 Å². The Bertz CT molecular complexity index is 1690. The highest BCUT2D eigenvalue weighted by Gasteiger charge is 2.35. The normalized spacial score (nSPS) is 11.8. The number of methoxy groups -OCH3 is 1. The van der Waals surface area contributed by atoms with Crippen LogP contribution < -0.4 is 14.4 Å². The van der Waals surface area contributed by atoms with Crippen LogP contribution in [0.1, 0.15) is 35.6 Å². The Morgan fingerprint density at radius 2 is 1.51 bits per heavy atom. The first-order valence-electron chi connectivity index (χ1n) is 15.0. The van der Waals surface area contributed by atoms with Gasteiger partial charge in [-0.15, -0.1) is 0 Å². The highest BCUT2D eigenvalue weighted by molar-refractivity contribution is 7.92. The first-order valence-corrected chi connectivity index (χ1v) is 16.5. The number of anilines is 1. The summed E-state index contributed by atoms with van der Waals surface area (Å²) in [6.45, 7) is 5.72. The molecular weight excluding hydrogens is 586 g/mol. The van der Waals surface area contributed by atoms with E-state index in [9.17, 15) is 18.0 Å². The quantitative estimate of drug-likeness (QED) is 0.194. The minimum absolute atomic E-state index is 0.0682. The van der Waals surface area contributed by atoms with E-state index >= 15 is 0 Å². The van der Waals surface area contributed by atoms with Gasteiger partial charge in [0.25, 0.3) is 10.0 Å². The maximum atomic E-state index is 14.6. The molecule has 0 aliphatic rings. The summed E-state index contributed by atoms with van der Waals surface area (Å²) in [7, 11) is -2.59. The SMILES string of the molecule is CCCNC(=O)C(Cc1ccccc1)N(Cc1cccc(OC)c1)C(=O)CN(c1ccc(C)cc1C)S(=O)(=O)c1ccccc1. The van der Waals surface area contributed by atoms with E-state index < -0.39 is 28.5 Å². The van der Waals surface area contributed by atoms with Crippen molar-refractivity contribution in [2.45, 2.75) is 51.1 Å². The third-order valence-electron chi connectivity index (χ3n) is 7.54. The van der Waals surface area contributed by atoms with Crippen molar-refractivity contribution in [2.75, 3.05) is 24.5 Å². The molecule has 0 saturated heterocycles. The van der Waals surface area contributed by atoms with Gasteiger partial charge in [0.2, 0.25) is 11.8 Å². The highest BCUT2D eigenvalue weighted by Crippen LogP contribution is 2.28. The zero-order valence-electron chi connectivity index (χ0n) is 26.3. The molecule has 0 aliphatic carbocycles. The van der Waals surface area contributed by atoms with Crippen molar-refractivity contribution in [1.82, 2.24) is 10.2 Å². The van der Waals surface area contributed by atoms with Crippen LogP contribution in [-0.4, -0.2) is 51.4 Å². The van der Waals surface area contributed by atoms with Crippen molar-refractivity contribution < 1.29 is 22.7 Å². The molecule has 0 radical (unpaired) electrons.